The van der Waals surface area contributed by atoms with E-state index in [4.69, 9.17) is 4.74 Å². The summed E-state index contributed by atoms with van der Waals surface area (Å²) < 4.78 is 5.46. The first-order valence-electron chi connectivity index (χ1n) is 6.73. The van der Waals surface area contributed by atoms with Crippen molar-refractivity contribution >= 4 is 5.91 Å². The summed E-state index contributed by atoms with van der Waals surface area (Å²) in [6.07, 6.45) is 1.82. The first-order chi connectivity index (χ1) is 9.10. The monoisotopic (exact) mass is 265 g/mol. The van der Waals surface area contributed by atoms with Gasteiger partial charge in [-0.05, 0) is 25.8 Å². The number of aliphatic hydroxyl groups is 1. The van der Waals surface area contributed by atoms with Crippen LogP contribution >= 0.6 is 0 Å². The number of carbonyl (C=O) groups is 1. The minimum absolute atomic E-state index is 0.0213. The van der Waals surface area contributed by atoms with Crippen molar-refractivity contribution in [2.24, 2.45) is 0 Å². The van der Waals surface area contributed by atoms with Crippen molar-refractivity contribution in [3.8, 4) is 5.75 Å². The quantitative estimate of drug-likeness (QED) is 0.794. The Kier molecular flexibility index (Phi) is 6.36. The van der Waals surface area contributed by atoms with Crippen molar-refractivity contribution in [1.82, 2.24) is 5.32 Å². The minimum Gasteiger partial charge on any atom is -0.483 e. The number of carbonyl (C=O) groups excluding carboxylic acids is 1. The molecule has 0 aliphatic carbocycles. The van der Waals surface area contributed by atoms with E-state index >= 15 is 0 Å². The van der Waals surface area contributed by atoms with E-state index < -0.39 is 0 Å². The molecule has 0 saturated carbocycles. The maximum absolute atomic E-state index is 11.7. The SMILES string of the molecule is CCC(CC)NC(=O)COc1ccc(C)cc1CO. The van der Waals surface area contributed by atoms with Crippen molar-refractivity contribution < 1.29 is 14.6 Å². The fourth-order valence-corrected chi connectivity index (χ4v) is 1.88. The Bertz CT molecular complexity index is 414. The molecule has 0 bridgehead atoms. The lowest BCUT2D eigenvalue weighted by Crippen LogP contribution is -2.37. The van der Waals surface area contributed by atoms with Crippen LogP contribution in [-0.2, 0) is 11.4 Å². The third-order valence-electron chi connectivity index (χ3n) is 3.10. The van der Waals surface area contributed by atoms with Crippen LogP contribution in [0.15, 0.2) is 18.2 Å². The standard InChI is InChI=1S/C15H23NO3/c1-4-13(5-2)16-15(18)10-19-14-7-6-11(3)8-12(14)9-17/h6-8,13,17H,4-5,9-10H2,1-3H3,(H,16,18). The van der Waals surface area contributed by atoms with Crippen molar-refractivity contribution in [1.29, 1.82) is 0 Å². The molecule has 0 atom stereocenters. The van der Waals surface area contributed by atoms with Crippen LogP contribution in [-0.4, -0.2) is 23.7 Å². The van der Waals surface area contributed by atoms with Crippen molar-refractivity contribution in [2.45, 2.75) is 46.3 Å². The third kappa shape index (κ3) is 4.91. The molecule has 0 fully saturated rings. The van der Waals surface area contributed by atoms with Crippen LogP contribution in [0, 0.1) is 6.92 Å². The topological polar surface area (TPSA) is 58.6 Å². The maximum Gasteiger partial charge on any atom is 0.258 e. The van der Waals surface area contributed by atoms with E-state index in [1.807, 2.05) is 32.9 Å². The second kappa shape index (κ2) is 7.79. The van der Waals surface area contributed by atoms with Crippen LogP contribution < -0.4 is 10.1 Å². The summed E-state index contributed by atoms with van der Waals surface area (Å²) in [6.45, 7) is 5.92. The predicted octanol–water partition coefficient (Wildman–Crippen LogP) is 2.17. The first kappa shape index (κ1) is 15.5. The van der Waals surface area contributed by atoms with Gasteiger partial charge in [0.2, 0.25) is 0 Å². The second-order valence-corrected chi connectivity index (χ2v) is 4.64. The Labute approximate surface area is 114 Å². The number of ether oxygens (including phenoxy) is 1. The zero-order valence-corrected chi connectivity index (χ0v) is 11.9. The van der Waals surface area contributed by atoms with Crippen LogP contribution in [0.25, 0.3) is 0 Å². The van der Waals surface area contributed by atoms with Gasteiger partial charge in [0.05, 0.1) is 6.61 Å². The number of rotatable bonds is 7. The van der Waals surface area contributed by atoms with E-state index in [1.165, 1.54) is 0 Å². The lowest BCUT2D eigenvalue weighted by atomic mass is 10.1. The van der Waals surface area contributed by atoms with Crippen LogP contribution in [0.4, 0.5) is 0 Å². The van der Waals surface area contributed by atoms with Gasteiger partial charge in [0, 0.05) is 11.6 Å². The molecule has 0 saturated heterocycles. The molecule has 0 unspecified atom stereocenters. The zero-order chi connectivity index (χ0) is 14.3. The molecule has 0 heterocycles. The highest BCUT2D eigenvalue weighted by Crippen LogP contribution is 2.19. The third-order valence-corrected chi connectivity index (χ3v) is 3.10. The molecule has 4 heteroatoms. The van der Waals surface area contributed by atoms with Crippen LogP contribution in [0.2, 0.25) is 0 Å². The van der Waals surface area contributed by atoms with Gasteiger partial charge in [0.1, 0.15) is 5.75 Å². The van der Waals surface area contributed by atoms with Gasteiger partial charge in [-0.15, -0.1) is 0 Å². The molecule has 0 radical (unpaired) electrons. The Morgan fingerprint density at radius 2 is 2.05 bits per heavy atom. The highest BCUT2D eigenvalue weighted by Gasteiger charge is 2.10. The number of hydrogen-bond donors (Lipinski definition) is 2. The van der Waals surface area contributed by atoms with Crippen LogP contribution in [0.1, 0.15) is 37.8 Å². The summed E-state index contributed by atoms with van der Waals surface area (Å²) in [5, 5.41) is 12.2. The van der Waals surface area contributed by atoms with Gasteiger partial charge in [-0.1, -0.05) is 31.5 Å². The largest absolute Gasteiger partial charge is 0.483 e. The molecule has 1 aromatic carbocycles. The van der Waals surface area contributed by atoms with Gasteiger partial charge in [0.25, 0.3) is 5.91 Å². The summed E-state index contributed by atoms with van der Waals surface area (Å²) >= 11 is 0. The molecule has 19 heavy (non-hydrogen) atoms. The van der Waals surface area contributed by atoms with Gasteiger partial charge >= 0.3 is 0 Å². The fourth-order valence-electron chi connectivity index (χ4n) is 1.88. The summed E-state index contributed by atoms with van der Waals surface area (Å²) in [4.78, 5) is 11.7. The van der Waals surface area contributed by atoms with Gasteiger partial charge in [-0.2, -0.15) is 0 Å². The maximum atomic E-state index is 11.7. The van der Waals surface area contributed by atoms with Crippen LogP contribution in [0.3, 0.4) is 0 Å². The lowest BCUT2D eigenvalue weighted by molar-refractivity contribution is -0.123. The Balaban J connectivity index is 2.54. The zero-order valence-electron chi connectivity index (χ0n) is 11.9. The van der Waals surface area contributed by atoms with Crippen molar-refractivity contribution in [3.05, 3.63) is 29.3 Å². The predicted molar refractivity (Wildman–Crippen MR) is 75.1 cm³/mol. The molecule has 0 aliphatic rings. The number of nitrogens with one attached hydrogen (secondary N) is 1. The number of aryl methyl sites for hydroxylation is 1. The van der Waals surface area contributed by atoms with Crippen molar-refractivity contribution in [2.75, 3.05) is 6.61 Å². The smallest absolute Gasteiger partial charge is 0.258 e. The molecular formula is C15H23NO3. The molecule has 0 aliphatic heterocycles. The molecular weight excluding hydrogens is 242 g/mol. The second-order valence-electron chi connectivity index (χ2n) is 4.64. The van der Waals surface area contributed by atoms with E-state index in [1.54, 1.807) is 6.07 Å². The lowest BCUT2D eigenvalue weighted by Gasteiger charge is -2.16. The summed E-state index contributed by atoms with van der Waals surface area (Å²) in [7, 11) is 0. The highest BCUT2D eigenvalue weighted by atomic mass is 16.5. The van der Waals surface area contributed by atoms with Gasteiger partial charge in [-0.3, -0.25) is 4.79 Å². The molecule has 0 aromatic heterocycles. The Morgan fingerprint density at radius 1 is 1.37 bits per heavy atom. The highest BCUT2D eigenvalue weighted by molar-refractivity contribution is 5.77. The molecule has 4 nitrogen and oxygen atoms in total. The molecule has 1 amide bonds. The average molecular weight is 265 g/mol. The first-order valence-corrected chi connectivity index (χ1v) is 6.73. The number of aliphatic hydroxyl groups excluding tert-OH is 1. The van der Waals surface area contributed by atoms with Crippen molar-refractivity contribution in [3.63, 3.8) is 0 Å². The Morgan fingerprint density at radius 3 is 2.63 bits per heavy atom. The van der Waals surface area contributed by atoms with Gasteiger partial charge in [-0.25, -0.2) is 0 Å². The molecule has 1 rings (SSSR count). The van der Waals surface area contributed by atoms with E-state index in [2.05, 4.69) is 5.32 Å². The molecule has 106 valence electrons. The summed E-state index contributed by atoms with van der Waals surface area (Å²) in [5.41, 5.74) is 1.76. The van der Waals surface area contributed by atoms with E-state index in [9.17, 15) is 9.90 Å². The van der Waals surface area contributed by atoms with E-state index in [-0.39, 0.29) is 25.2 Å². The van der Waals surface area contributed by atoms with Gasteiger partial charge < -0.3 is 15.2 Å². The normalized spacial score (nSPS) is 10.6. The molecule has 0 spiro atoms. The van der Waals surface area contributed by atoms with Gasteiger partial charge in [0.15, 0.2) is 6.61 Å². The summed E-state index contributed by atoms with van der Waals surface area (Å²) in [6, 6.07) is 5.73. The van der Waals surface area contributed by atoms with Crippen LogP contribution in [0.5, 0.6) is 5.75 Å². The van der Waals surface area contributed by atoms with E-state index in [0.717, 1.165) is 18.4 Å². The number of hydrogen-bond acceptors (Lipinski definition) is 3. The fraction of sp³-hybridized carbons (Fsp3) is 0.533. The van der Waals surface area contributed by atoms with E-state index in [0.29, 0.717) is 11.3 Å². The average Bonchev–Trinajstić information content (AvgIpc) is 2.43. The molecule has 1 aromatic rings. The summed E-state index contributed by atoms with van der Waals surface area (Å²) in [5.74, 6) is 0.436. The molecule has 2 N–H and O–H groups in total. The number of benzene rings is 1. The number of amides is 1. The minimum atomic E-state index is -0.127. The Hall–Kier alpha value is -1.55.